The highest BCUT2D eigenvalue weighted by Gasteiger charge is 2.05. The Labute approximate surface area is 65.1 Å². The third-order valence-electron chi connectivity index (χ3n) is 1.41. The zero-order chi connectivity index (χ0) is 7.56. The first-order valence-corrected chi connectivity index (χ1v) is 4.24. The Hall–Kier alpha value is -0.410. The zero-order valence-electron chi connectivity index (χ0n) is 6.29. The summed E-state index contributed by atoms with van der Waals surface area (Å²) in [5.41, 5.74) is 6.58. The molecule has 3 heteroatoms. The lowest BCUT2D eigenvalue weighted by Crippen LogP contribution is -2.08. The number of aromatic nitrogens is 1. The van der Waals surface area contributed by atoms with Gasteiger partial charge in [0.25, 0.3) is 0 Å². The summed E-state index contributed by atoms with van der Waals surface area (Å²) >= 11 is 1.69. The van der Waals surface area contributed by atoms with Crippen molar-refractivity contribution in [2.75, 3.05) is 6.54 Å². The van der Waals surface area contributed by atoms with E-state index in [1.165, 1.54) is 0 Å². The molecule has 1 heterocycles. The van der Waals surface area contributed by atoms with Crippen molar-refractivity contribution in [3.05, 3.63) is 16.1 Å². The van der Waals surface area contributed by atoms with Gasteiger partial charge in [0.2, 0.25) is 0 Å². The highest BCUT2D eigenvalue weighted by atomic mass is 32.1. The number of hydrogen-bond donors (Lipinski definition) is 1. The fourth-order valence-corrected chi connectivity index (χ4v) is 1.57. The van der Waals surface area contributed by atoms with Crippen LogP contribution < -0.4 is 5.73 Å². The minimum Gasteiger partial charge on any atom is -0.330 e. The number of aryl methyl sites for hydroxylation is 1. The van der Waals surface area contributed by atoms with Gasteiger partial charge in [-0.3, -0.25) is 0 Å². The van der Waals surface area contributed by atoms with E-state index in [0.717, 1.165) is 10.7 Å². The van der Waals surface area contributed by atoms with Gasteiger partial charge in [-0.1, -0.05) is 6.92 Å². The fraction of sp³-hybridized carbons (Fsp3) is 0.571. The van der Waals surface area contributed by atoms with E-state index in [0.29, 0.717) is 12.5 Å². The van der Waals surface area contributed by atoms with Gasteiger partial charge in [-0.05, 0) is 6.92 Å². The smallest absolute Gasteiger partial charge is 0.0968 e. The number of hydrogen-bond acceptors (Lipinski definition) is 3. The third-order valence-corrected chi connectivity index (χ3v) is 2.61. The Bertz CT molecular complexity index is 207. The SMILES string of the molecule is Cc1csc(C(C)CN)n1. The molecule has 1 aromatic rings. The van der Waals surface area contributed by atoms with Gasteiger partial charge in [0, 0.05) is 23.5 Å². The lowest BCUT2D eigenvalue weighted by molar-refractivity contribution is 0.763. The van der Waals surface area contributed by atoms with Crippen LogP contribution in [0.15, 0.2) is 5.38 Å². The Morgan fingerprint density at radius 1 is 1.80 bits per heavy atom. The van der Waals surface area contributed by atoms with Gasteiger partial charge < -0.3 is 5.73 Å². The van der Waals surface area contributed by atoms with Crippen molar-refractivity contribution in [2.45, 2.75) is 19.8 Å². The van der Waals surface area contributed by atoms with Gasteiger partial charge in [-0.25, -0.2) is 4.98 Å². The first kappa shape index (κ1) is 7.69. The van der Waals surface area contributed by atoms with E-state index in [4.69, 9.17) is 5.73 Å². The summed E-state index contributed by atoms with van der Waals surface area (Å²) < 4.78 is 0. The molecule has 1 rings (SSSR count). The molecule has 0 saturated heterocycles. The number of thiazole rings is 1. The van der Waals surface area contributed by atoms with Crippen molar-refractivity contribution in [1.82, 2.24) is 4.98 Å². The van der Waals surface area contributed by atoms with Gasteiger partial charge in [-0.2, -0.15) is 0 Å². The Balaban J connectivity index is 2.74. The minimum absolute atomic E-state index is 0.415. The van der Waals surface area contributed by atoms with Crippen LogP contribution in [-0.2, 0) is 0 Å². The van der Waals surface area contributed by atoms with Crippen molar-refractivity contribution >= 4 is 11.3 Å². The molecule has 1 aromatic heterocycles. The maximum Gasteiger partial charge on any atom is 0.0968 e. The van der Waals surface area contributed by atoms with Gasteiger partial charge >= 0.3 is 0 Å². The van der Waals surface area contributed by atoms with E-state index in [9.17, 15) is 0 Å². The molecule has 0 saturated carbocycles. The molecule has 1 unspecified atom stereocenters. The van der Waals surface area contributed by atoms with Crippen molar-refractivity contribution in [2.24, 2.45) is 5.73 Å². The lowest BCUT2D eigenvalue weighted by atomic mass is 10.2. The van der Waals surface area contributed by atoms with Crippen LogP contribution in [0.3, 0.4) is 0 Å². The Kier molecular flexibility index (Phi) is 2.40. The average molecular weight is 156 g/mol. The number of nitrogens with two attached hydrogens (primary N) is 1. The van der Waals surface area contributed by atoms with Crippen molar-refractivity contribution in [3.8, 4) is 0 Å². The molecule has 0 spiro atoms. The second-order valence-electron chi connectivity index (χ2n) is 2.46. The fourth-order valence-electron chi connectivity index (χ4n) is 0.699. The molecule has 10 heavy (non-hydrogen) atoms. The molecule has 0 amide bonds. The molecule has 0 bridgehead atoms. The second kappa shape index (κ2) is 3.12. The van der Waals surface area contributed by atoms with Crippen molar-refractivity contribution < 1.29 is 0 Å². The van der Waals surface area contributed by atoms with Crippen LogP contribution in [0.5, 0.6) is 0 Å². The van der Waals surface area contributed by atoms with Gasteiger partial charge in [0.15, 0.2) is 0 Å². The molecule has 0 aliphatic rings. The predicted octanol–water partition coefficient (Wildman–Crippen LogP) is 1.51. The van der Waals surface area contributed by atoms with Gasteiger partial charge in [0.1, 0.15) is 0 Å². The molecule has 0 radical (unpaired) electrons. The first-order chi connectivity index (χ1) is 4.74. The standard InChI is InChI=1S/C7H12N2S/c1-5(3-8)7-9-6(2)4-10-7/h4-5H,3,8H2,1-2H3. The Morgan fingerprint density at radius 3 is 2.90 bits per heavy atom. The molecular formula is C7H12N2S. The molecular weight excluding hydrogens is 144 g/mol. The van der Waals surface area contributed by atoms with Crippen LogP contribution in [0.2, 0.25) is 0 Å². The summed E-state index contributed by atoms with van der Waals surface area (Å²) in [4.78, 5) is 4.32. The van der Waals surface area contributed by atoms with Crippen LogP contribution in [0.25, 0.3) is 0 Å². The highest BCUT2D eigenvalue weighted by molar-refractivity contribution is 7.09. The molecule has 0 aliphatic carbocycles. The maximum absolute atomic E-state index is 5.48. The molecule has 2 N–H and O–H groups in total. The number of rotatable bonds is 2. The first-order valence-electron chi connectivity index (χ1n) is 3.36. The van der Waals surface area contributed by atoms with Gasteiger partial charge in [0.05, 0.1) is 5.01 Å². The Morgan fingerprint density at radius 2 is 2.50 bits per heavy atom. The monoisotopic (exact) mass is 156 g/mol. The van der Waals surface area contributed by atoms with E-state index in [2.05, 4.69) is 17.3 Å². The summed E-state index contributed by atoms with van der Waals surface area (Å²) in [5, 5.41) is 3.21. The normalized spacial score (nSPS) is 13.5. The molecule has 0 aliphatic heterocycles. The largest absolute Gasteiger partial charge is 0.330 e. The topological polar surface area (TPSA) is 38.9 Å². The van der Waals surface area contributed by atoms with E-state index in [1.807, 2.05) is 6.92 Å². The van der Waals surface area contributed by atoms with Crippen LogP contribution in [0.1, 0.15) is 23.5 Å². The van der Waals surface area contributed by atoms with Crippen molar-refractivity contribution in [1.29, 1.82) is 0 Å². The average Bonchev–Trinajstić information content (AvgIpc) is 2.34. The quantitative estimate of drug-likeness (QED) is 0.705. The van der Waals surface area contributed by atoms with Crippen molar-refractivity contribution in [3.63, 3.8) is 0 Å². The summed E-state index contributed by atoms with van der Waals surface area (Å²) in [6.45, 7) is 4.79. The maximum atomic E-state index is 5.48. The molecule has 2 nitrogen and oxygen atoms in total. The van der Waals surface area contributed by atoms with E-state index in [1.54, 1.807) is 11.3 Å². The third kappa shape index (κ3) is 1.55. The van der Waals surface area contributed by atoms with E-state index < -0.39 is 0 Å². The summed E-state index contributed by atoms with van der Waals surface area (Å²) in [5.74, 6) is 0.415. The molecule has 0 fully saturated rings. The van der Waals surface area contributed by atoms with Crippen LogP contribution in [0, 0.1) is 6.92 Å². The molecule has 1 atom stereocenters. The molecule has 56 valence electrons. The second-order valence-corrected chi connectivity index (χ2v) is 3.35. The van der Waals surface area contributed by atoms with Crippen LogP contribution in [0.4, 0.5) is 0 Å². The summed E-state index contributed by atoms with van der Waals surface area (Å²) in [6, 6.07) is 0. The minimum atomic E-state index is 0.415. The van der Waals surface area contributed by atoms with E-state index >= 15 is 0 Å². The number of nitrogens with zero attached hydrogens (tertiary/aromatic N) is 1. The summed E-state index contributed by atoms with van der Waals surface area (Å²) in [7, 11) is 0. The highest BCUT2D eigenvalue weighted by Crippen LogP contribution is 2.17. The van der Waals surface area contributed by atoms with Gasteiger partial charge in [-0.15, -0.1) is 11.3 Å². The molecule has 0 aromatic carbocycles. The predicted molar refractivity (Wildman–Crippen MR) is 44.3 cm³/mol. The summed E-state index contributed by atoms with van der Waals surface area (Å²) in [6.07, 6.45) is 0. The van der Waals surface area contributed by atoms with Crippen LogP contribution in [-0.4, -0.2) is 11.5 Å². The van der Waals surface area contributed by atoms with E-state index in [-0.39, 0.29) is 0 Å². The van der Waals surface area contributed by atoms with Crippen LogP contribution >= 0.6 is 11.3 Å². The zero-order valence-corrected chi connectivity index (χ0v) is 7.11. The lowest BCUT2D eigenvalue weighted by Gasteiger charge is -2.01.